The van der Waals surface area contributed by atoms with Gasteiger partial charge in [0.25, 0.3) is 0 Å². The van der Waals surface area contributed by atoms with Crippen molar-refractivity contribution in [2.24, 2.45) is 5.92 Å². The van der Waals surface area contributed by atoms with Crippen molar-refractivity contribution in [1.82, 2.24) is 10.3 Å². The first-order valence-corrected chi connectivity index (χ1v) is 6.39. The van der Waals surface area contributed by atoms with Crippen LogP contribution in [-0.2, 0) is 0 Å². The van der Waals surface area contributed by atoms with Gasteiger partial charge < -0.3 is 10.4 Å². The molecule has 0 saturated carbocycles. The normalized spacial score (nSPS) is 21.4. The maximum Gasteiger partial charge on any atom is 0.320 e. The molecule has 19 heavy (non-hydrogen) atoms. The fraction of sp³-hybridized carbons (Fsp3) is 0.429. The number of carbonyl (C=O) groups is 1. The summed E-state index contributed by atoms with van der Waals surface area (Å²) in [6.45, 7) is 3.97. The van der Waals surface area contributed by atoms with Gasteiger partial charge in [-0.25, -0.2) is 9.78 Å². The molecule has 1 aliphatic rings. The van der Waals surface area contributed by atoms with E-state index < -0.39 is 0 Å². The lowest BCUT2D eigenvalue weighted by atomic mass is 10.1. The third-order valence-corrected chi connectivity index (χ3v) is 3.06. The van der Waals surface area contributed by atoms with Gasteiger partial charge in [-0.05, 0) is 38.0 Å². The molecule has 5 heteroatoms. The van der Waals surface area contributed by atoms with E-state index in [2.05, 4.69) is 15.6 Å². The lowest BCUT2D eigenvalue weighted by molar-refractivity contribution is 0.238. The third kappa shape index (κ3) is 3.79. The van der Waals surface area contributed by atoms with Gasteiger partial charge in [0.2, 0.25) is 0 Å². The number of hydrogen-bond acceptors (Lipinski definition) is 3. The van der Waals surface area contributed by atoms with E-state index in [1.807, 2.05) is 38.1 Å². The number of rotatable bonds is 3. The number of aliphatic hydroxyl groups is 1. The molecule has 0 radical (unpaired) electrons. The fourth-order valence-corrected chi connectivity index (χ4v) is 2.24. The number of urea groups is 1. The number of nitrogens with zero attached hydrogens (tertiary/aromatic N) is 1. The Morgan fingerprint density at radius 2 is 2.21 bits per heavy atom. The zero-order valence-electron chi connectivity index (χ0n) is 11.2. The largest absolute Gasteiger partial charge is 0.396 e. The minimum absolute atomic E-state index is 0.0249. The molecule has 0 saturated heterocycles. The predicted octanol–water partition coefficient (Wildman–Crippen LogP) is 1.76. The van der Waals surface area contributed by atoms with E-state index in [1.54, 1.807) is 0 Å². The Balaban J connectivity index is 1.89. The number of anilines is 1. The number of aliphatic hydroxyl groups excluding tert-OH is 1. The first kappa shape index (κ1) is 13.5. The summed E-state index contributed by atoms with van der Waals surface area (Å²) < 4.78 is 0. The van der Waals surface area contributed by atoms with Crippen molar-refractivity contribution in [3.05, 3.63) is 35.5 Å². The number of aryl methyl sites for hydroxylation is 2. The molecule has 102 valence electrons. The Bertz CT molecular complexity index is 479. The van der Waals surface area contributed by atoms with Gasteiger partial charge in [0.05, 0.1) is 0 Å². The van der Waals surface area contributed by atoms with Crippen LogP contribution in [-0.4, -0.2) is 28.8 Å². The highest BCUT2D eigenvalue weighted by molar-refractivity contribution is 5.88. The Hall–Kier alpha value is -1.88. The average Bonchev–Trinajstić information content (AvgIpc) is 2.74. The smallest absolute Gasteiger partial charge is 0.320 e. The van der Waals surface area contributed by atoms with E-state index in [4.69, 9.17) is 5.11 Å². The molecular formula is C14H19N3O2. The van der Waals surface area contributed by atoms with Crippen molar-refractivity contribution < 1.29 is 9.90 Å². The van der Waals surface area contributed by atoms with E-state index in [0.717, 1.165) is 17.7 Å². The zero-order valence-corrected chi connectivity index (χ0v) is 11.2. The van der Waals surface area contributed by atoms with Crippen LogP contribution >= 0.6 is 0 Å². The standard InChI is InChI=1S/C14H19N3O2/c1-9-5-10(2)15-13(6-9)17-14(19)16-12-4-3-11(7-12)8-18/h3-6,11-12,18H,7-8H2,1-2H3,(H2,15,16,17,19)/t11-,12+/m0/s1. The molecule has 1 aromatic heterocycles. The van der Waals surface area contributed by atoms with Crippen molar-refractivity contribution >= 4 is 11.8 Å². The Morgan fingerprint density at radius 3 is 2.84 bits per heavy atom. The van der Waals surface area contributed by atoms with Crippen LogP contribution in [0.3, 0.4) is 0 Å². The number of aromatic nitrogens is 1. The second-order valence-corrected chi connectivity index (χ2v) is 4.94. The Morgan fingerprint density at radius 1 is 1.42 bits per heavy atom. The SMILES string of the molecule is Cc1cc(C)nc(NC(=O)N[C@@H]2C=C[C@H](CO)C2)c1. The van der Waals surface area contributed by atoms with Crippen LogP contribution < -0.4 is 10.6 Å². The summed E-state index contributed by atoms with van der Waals surface area (Å²) in [5, 5.41) is 14.6. The van der Waals surface area contributed by atoms with E-state index in [-0.39, 0.29) is 24.6 Å². The highest BCUT2D eigenvalue weighted by Gasteiger charge is 2.19. The lowest BCUT2D eigenvalue weighted by Crippen LogP contribution is -2.36. The monoisotopic (exact) mass is 261 g/mol. The summed E-state index contributed by atoms with van der Waals surface area (Å²) in [5.74, 6) is 0.695. The van der Waals surface area contributed by atoms with Crippen LogP contribution in [0.15, 0.2) is 24.3 Å². The first-order valence-electron chi connectivity index (χ1n) is 6.39. The van der Waals surface area contributed by atoms with Gasteiger partial charge in [0.15, 0.2) is 0 Å². The average molecular weight is 261 g/mol. The quantitative estimate of drug-likeness (QED) is 0.726. The second kappa shape index (κ2) is 5.84. The van der Waals surface area contributed by atoms with Crippen molar-refractivity contribution in [2.75, 3.05) is 11.9 Å². The lowest BCUT2D eigenvalue weighted by Gasteiger charge is -2.13. The summed E-state index contributed by atoms with van der Waals surface area (Å²) in [4.78, 5) is 16.1. The van der Waals surface area contributed by atoms with Crippen molar-refractivity contribution in [1.29, 1.82) is 0 Å². The van der Waals surface area contributed by atoms with Gasteiger partial charge >= 0.3 is 6.03 Å². The summed E-state index contributed by atoms with van der Waals surface area (Å²) in [6, 6.07) is 3.48. The van der Waals surface area contributed by atoms with Crippen LogP contribution in [0, 0.1) is 19.8 Å². The second-order valence-electron chi connectivity index (χ2n) is 4.94. The number of hydrogen-bond donors (Lipinski definition) is 3. The molecule has 0 aromatic carbocycles. The molecule has 2 atom stereocenters. The number of nitrogens with one attached hydrogen (secondary N) is 2. The highest BCUT2D eigenvalue weighted by Crippen LogP contribution is 2.17. The van der Waals surface area contributed by atoms with Crippen LogP contribution in [0.25, 0.3) is 0 Å². The van der Waals surface area contributed by atoms with Crippen molar-refractivity contribution in [2.45, 2.75) is 26.3 Å². The van der Waals surface area contributed by atoms with E-state index in [9.17, 15) is 4.79 Å². The van der Waals surface area contributed by atoms with Crippen molar-refractivity contribution in [3.63, 3.8) is 0 Å². The van der Waals surface area contributed by atoms with E-state index >= 15 is 0 Å². The number of amides is 2. The third-order valence-electron chi connectivity index (χ3n) is 3.06. The molecule has 1 heterocycles. The molecule has 5 nitrogen and oxygen atoms in total. The summed E-state index contributed by atoms with van der Waals surface area (Å²) in [5.41, 5.74) is 1.93. The Kier molecular flexibility index (Phi) is 4.16. The minimum atomic E-state index is -0.272. The molecule has 0 bridgehead atoms. The maximum absolute atomic E-state index is 11.8. The van der Waals surface area contributed by atoms with E-state index in [1.165, 1.54) is 0 Å². The molecular weight excluding hydrogens is 242 g/mol. The van der Waals surface area contributed by atoms with Crippen LogP contribution in [0.1, 0.15) is 17.7 Å². The minimum Gasteiger partial charge on any atom is -0.396 e. The topological polar surface area (TPSA) is 74.2 Å². The first-order chi connectivity index (χ1) is 9.06. The van der Waals surface area contributed by atoms with Gasteiger partial charge in [-0.2, -0.15) is 0 Å². The molecule has 1 aromatic rings. The molecule has 3 N–H and O–H groups in total. The van der Waals surface area contributed by atoms with Crippen molar-refractivity contribution in [3.8, 4) is 0 Å². The van der Waals surface area contributed by atoms with Gasteiger partial charge in [0.1, 0.15) is 5.82 Å². The highest BCUT2D eigenvalue weighted by atomic mass is 16.3. The number of pyridine rings is 1. The maximum atomic E-state index is 11.8. The summed E-state index contributed by atoms with van der Waals surface area (Å²) >= 11 is 0. The van der Waals surface area contributed by atoms with Gasteiger partial charge in [-0.3, -0.25) is 5.32 Å². The van der Waals surface area contributed by atoms with Crippen LogP contribution in [0.4, 0.5) is 10.6 Å². The molecule has 2 rings (SSSR count). The van der Waals surface area contributed by atoms with Crippen LogP contribution in [0.2, 0.25) is 0 Å². The van der Waals surface area contributed by atoms with Gasteiger partial charge in [0, 0.05) is 24.3 Å². The predicted molar refractivity (Wildman–Crippen MR) is 74.0 cm³/mol. The van der Waals surface area contributed by atoms with Crippen LogP contribution in [0.5, 0.6) is 0 Å². The molecule has 2 amide bonds. The summed E-state index contributed by atoms with van der Waals surface area (Å²) in [7, 11) is 0. The van der Waals surface area contributed by atoms with Gasteiger partial charge in [-0.1, -0.05) is 12.2 Å². The number of carbonyl (C=O) groups excluding carboxylic acids is 1. The molecule has 0 spiro atoms. The summed E-state index contributed by atoms with van der Waals surface area (Å²) in [6.07, 6.45) is 4.58. The zero-order chi connectivity index (χ0) is 13.8. The molecule has 1 aliphatic carbocycles. The fourth-order valence-electron chi connectivity index (χ4n) is 2.24. The molecule has 0 aliphatic heterocycles. The Labute approximate surface area is 112 Å². The van der Waals surface area contributed by atoms with E-state index in [0.29, 0.717) is 5.82 Å². The van der Waals surface area contributed by atoms with Gasteiger partial charge in [-0.15, -0.1) is 0 Å². The molecule has 0 unspecified atom stereocenters. The molecule has 0 fully saturated rings.